The van der Waals surface area contributed by atoms with Gasteiger partial charge < -0.3 is 24.6 Å². The average molecular weight is 638 g/mol. The van der Waals surface area contributed by atoms with Crippen molar-refractivity contribution in [3.8, 4) is 0 Å². The zero-order valence-electron chi connectivity index (χ0n) is 25.3. The molecule has 4 rings (SSSR count). The number of nitrogens with one attached hydrogen (secondary N) is 1. The highest BCUT2D eigenvalue weighted by molar-refractivity contribution is 6.06. The van der Waals surface area contributed by atoms with E-state index in [1.807, 2.05) is 20.8 Å². The Kier molecular flexibility index (Phi) is 9.90. The number of esters is 3. The van der Waals surface area contributed by atoms with Crippen LogP contribution in [0.3, 0.4) is 0 Å². The molecule has 16 heteroatoms. The Morgan fingerprint density at radius 3 is 1.87 bits per heavy atom. The third-order valence-electron chi connectivity index (χ3n) is 7.91. The van der Waals surface area contributed by atoms with E-state index in [0.717, 1.165) is 48.5 Å². The molecule has 0 unspecified atom stereocenters. The lowest BCUT2D eigenvalue weighted by Crippen LogP contribution is -2.62. The third kappa shape index (κ3) is 6.91. The first kappa shape index (κ1) is 33.4. The highest BCUT2D eigenvalue weighted by Gasteiger charge is 2.59. The lowest BCUT2D eigenvalue weighted by Gasteiger charge is -2.47. The van der Waals surface area contributed by atoms with Crippen LogP contribution >= 0.6 is 0 Å². The van der Waals surface area contributed by atoms with Gasteiger partial charge in [-0.1, -0.05) is 20.8 Å². The van der Waals surface area contributed by atoms with Crippen molar-refractivity contribution in [2.24, 2.45) is 17.8 Å². The van der Waals surface area contributed by atoms with Crippen molar-refractivity contribution in [3.05, 3.63) is 91.2 Å². The van der Waals surface area contributed by atoms with E-state index in [-0.39, 0.29) is 77.5 Å². The normalized spacial score (nSPS) is 18.6. The maximum atomic E-state index is 13.4. The highest BCUT2D eigenvalue weighted by atomic mass is 16.6. The first-order valence-corrected chi connectivity index (χ1v) is 14.2. The number of hydrogen-bond acceptors (Lipinski definition) is 12. The molecule has 242 valence electrons. The zero-order chi connectivity index (χ0) is 33.9. The van der Waals surface area contributed by atoms with Gasteiger partial charge in [0.2, 0.25) is 5.91 Å². The number of nitro benzene ring substituents is 2. The molecule has 2 aromatic carbocycles. The van der Waals surface area contributed by atoms with E-state index in [2.05, 4.69) is 5.32 Å². The second kappa shape index (κ2) is 13.6. The van der Waals surface area contributed by atoms with E-state index in [1.165, 1.54) is 4.90 Å². The van der Waals surface area contributed by atoms with Crippen molar-refractivity contribution < 1.29 is 43.3 Å². The summed E-state index contributed by atoms with van der Waals surface area (Å²) < 4.78 is 9.86. The van der Waals surface area contributed by atoms with Crippen LogP contribution < -0.4 is 5.32 Å². The van der Waals surface area contributed by atoms with Gasteiger partial charge in [-0.3, -0.25) is 25.0 Å². The molecule has 1 saturated heterocycles. The molecule has 46 heavy (non-hydrogen) atoms. The van der Waals surface area contributed by atoms with Crippen LogP contribution in [0.4, 0.5) is 16.2 Å². The summed E-state index contributed by atoms with van der Waals surface area (Å²) in [5.41, 5.74) is -0.0829. The number of fused-ring (bicyclic) bond motifs is 1. The van der Waals surface area contributed by atoms with Gasteiger partial charge >= 0.3 is 24.0 Å². The van der Waals surface area contributed by atoms with Crippen LogP contribution in [0.5, 0.6) is 0 Å². The number of hydrogen-bond donors (Lipinski definition) is 1. The minimum Gasteiger partial charge on any atom is -0.385 e. The topological polar surface area (TPSA) is 209 Å². The predicted octanol–water partition coefficient (Wildman–Crippen LogP) is 3.07. The number of likely N-dealkylation sites (N-methyl/N-ethyl adjacent to an activating group) is 1. The highest BCUT2D eigenvalue weighted by Crippen LogP contribution is 2.48. The van der Waals surface area contributed by atoms with Gasteiger partial charge in [0.15, 0.2) is 0 Å². The number of nitro groups is 2. The number of rotatable bonds is 11. The second-order valence-electron chi connectivity index (χ2n) is 11.3. The van der Waals surface area contributed by atoms with E-state index >= 15 is 0 Å². The van der Waals surface area contributed by atoms with E-state index in [9.17, 15) is 44.2 Å². The van der Waals surface area contributed by atoms with Crippen LogP contribution in [-0.2, 0) is 19.1 Å². The number of ether oxygens (including phenoxy) is 2. The minimum atomic E-state index is -1.03. The largest absolute Gasteiger partial charge is 0.415 e. The number of nitrogens with zero attached hydrogens (tertiary/aromatic N) is 4. The van der Waals surface area contributed by atoms with Crippen molar-refractivity contribution in [1.82, 2.24) is 15.1 Å². The van der Waals surface area contributed by atoms with Crippen molar-refractivity contribution >= 4 is 41.3 Å². The molecule has 2 amide bonds. The van der Waals surface area contributed by atoms with Crippen LogP contribution in [0.1, 0.15) is 41.5 Å². The standard InChI is InChI=1S/C30H31N5O11/c1-16(2)23-24-17(3)22(15-32(4)14-13-31-30(40)46-28(38)19-7-11-21(12-8-19)35(43)44)25(33(24)26(23)36)29(39)45-27(37)18-5-9-20(10-6-18)34(41)42/h5-12,16-17,23-24H,13-15H2,1-4H3,(H,31,40)/t17-,23+,24+/m0/s1. The molecular formula is C30H31N5O11. The molecule has 0 spiro atoms. The molecule has 2 heterocycles. The van der Waals surface area contributed by atoms with Crippen molar-refractivity contribution in [2.45, 2.75) is 26.8 Å². The minimum absolute atomic E-state index is 0.00350. The predicted molar refractivity (Wildman–Crippen MR) is 158 cm³/mol. The number of carbonyl (C=O) groups excluding carboxylic acids is 5. The molecule has 0 aromatic heterocycles. The molecule has 0 radical (unpaired) electrons. The molecule has 0 bridgehead atoms. The lowest BCUT2D eigenvalue weighted by molar-refractivity contribution is -0.385. The monoisotopic (exact) mass is 637 g/mol. The Bertz CT molecular complexity index is 1620. The molecule has 2 aliphatic heterocycles. The summed E-state index contributed by atoms with van der Waals surface area (Å²) in [4.78, 5) is 87.1. The van der Waals surface area contributed by atoms with Gasteiger partial charge in [0, 0.05) is 49.8 Å². The van der Waals surface area contributed by atoms with Crippen LogP contribution in [-0.4, -0.2) is 82.3 Å². The first-order chi connectivity index (χ1) is 21.7. The van der Waals surface area contributed by atoms with Gasteiger partial charge in [-0.15, -0.1) is 0 Å². The summed E-state index contributed by atoms with van der Waals surface area (Å²) in [7, 11) is 1.71. The van der Waals surface area contributed by atoms with E-state index in [4.69, 9.17) is 9.47 Å². The Morgan fingerprint density at radius 1 is 0.891 bits per heavy atom. The molecule has 2 aromatic rings. The molecule has 2 aliphatic rings. The zero-order valence-corrected chi connectivity index (χ0v) is 25.3. The van der Waals surface area contributed by atoms with Crippen LogP contribution in [0, 0.1) is 38.0 Å². The van der Waals surface area contributed by atoms with Crippen LogP contribution in [0.25, 0.3) is 0 Å². The van der Waals surface area contributed by atoms with Gasteiger partial charge in [0.1, 0.15) is 5.70 Å². The number of non-ortho nitro benzene ring substituents is 2. The summed E-state index contributed by atoms with van der Waals surface area (Å²) in [6.45, 7) is 6.12. The Balaban J connectivity index is 1.40. The van der Waals surface area contributed by atoms with Gasteiger partial charge in [-0.25, -0.2) is 19.2 Å². The second-order valence-corrected chi connectivity index (χ2v) is 11.3. The van der Waals surface area contributed by atoms with Crippen LogP contribution in [0.2, 0.25) is 0 Å². The van der Waals surface area contributed by atoms with Crippen LogP contribution in [0.15, 0.2) is 59.8 Å². The van der Waals surface area contributed by atoms with Crippen molar-refractivity contribution in [2.75, 3.05) is 26.7 Å². The van der Waals surface area contributed by atoms with Crippen molar-refractivity contribution in [1.29, 1.82) is 0 Å². The molecule has 1 N–H and O–H groups in total. The Labute approximate surface area is 262 Å². The number of β-lactam (4-membered cyclic amide) rings is 1. The molecule has 3 atom stereocenters. The summed E-state index contributed by atoms with van der Waals surface area (Å²) in [5, 5.41) is 24.1. The average Bonchev–Trinajstić information content (AvgIpc) is 3.24. The Hall–Kier alpha value is -5.51. The number of amides is 2. The fourth-order valence-corrected chi connectivity index (χ4v) is 5.56. The van der Waals surface area contributed by atoms with E-state index < -0.39 is 33.8 Å². The molecule has 1 fully saturated rings. The van der Waals surface area contributed by atoms with Gasteiger partial charge in [0.05, 0.1) is 32.9 Å². The first-order valence-electron chi connectivity index (χ1n) is 14.2. The van der Waals surface area contributed by atoms with Gasteiger partial charge in [-0.05, 0) is 42.8 Å². The maximum Gasteiger partial charge on any atom is 0.415 e. The quantitative estimate of drug-likeness (QED) is 0.124. The summed E-state index contributed by atoms with van der Waals surface area (Å²) in [6, 6.07) is 8.78. The summed E-state index contributed by atoms with van der Waals surface area (Å²) in [6.07, 6.45) is -1.03. The van der Waals surface area contributed by atoms with Gasteiger partial charge in [0.25, 0.3) is 11.4 Å². The number of alkyl carbamates (subject to hydrolysis) is 1. The fourth-order valence-electron chi connectivity index (χ4n) is 5.56. The smallest absolute Gasteiger partial charge is 0.385 e. The lowest BCUT2D eigenvalue weighted by atomic mass is 9.74. The number of carbonyl (C=O) groups is 5. The fraction of sp³-hybridized carbons (Fsp3) is 0.367. The summed E-state index contributed by atoms with van der Waals surface area (Å²) >= 11 is 0. The number of benzene rings is 2. The summed E-state index contributed by atoms with van der Waals surface area (Å²) in [5.74, 6) is -3.92. The molecular weight excluding hydrogens is 606 g/mol. The maximum absolute atomic E-state index is 13.4. The Morgan fingerprint density at radius 2 is 1.39 bits per heavy atom. The SMILES string of the molecule is CC(C)[C@H]1C(=O)N2C(C(=O)OC(=O)c3ccc([N+](=O)[O-])cc3)=C(CN(C)CCNC(=O)OC(=O)c3ccc([N+](=O)[O-])cc3)[C@H](C)[C@H]12. The molecule has 16 nitrogen and oxygen atoms in total. The third-order valence-corrected chi connectivity index (χ3v) is 7.91. The van der Waals surface area contributed by atoms with E-state index in [1.54, 1.807) is 11.9 Å². The van der Waals surface area contributed by atoms with Gasteiger partial charge in [-0.2, -0.15) is 0 Å². The van der Waals surface area contributed by atoms with Crippen molar-refractivity contribution in [3.63, 3.8) is 0 Å². The molecule has 0 aliphatic carbocycles. The van der Waals surface area contributed by atoms with E-state index in [0.29, 0.717) is 5.57 Å². The molecule has 0 saturated carbocycles.